The highest BCUT2D eigenvalue weighted by atomic mass is 16.5. The summed E-state index contributed by atoms with van der Waals surface area (Å²) in [5.74, 6) is 1.39. The molecule has 0 bridgehead atoms. The number of carbonyl (C=O) groups excluding carboxylic acids is 1. The molecule has 0 aliphatic carbocycles. The van der Waals surface area contributed by atoms with Crippen LogP contribution < -0.4 is 15.4 Å². The topological polar surface area (TPSA) is 63.2 Å². The predicted molar refractivity (Wildman–Crippen MR) is 109 cm³/mol. The molecule has 0 saturated carbocycles. The van der Waals surface area contributed by atoms with E-state index in [1.165, 1.54) is 0 Å². The maximum atomic E-state index is 12.5. The normalized spacial score (nSPS) is 10.3. The molecule has 27 heavy (non-hydrogen) atoms. The average Bonchev–Trinajstić information content (AvgIpc) is 2.70. The summed E-state index contributed by atoms with van der Waals surface area (Å²) in [6.45, 7) is 2.66. The zero-order chi connectivity index (χ0) is 19.1. The van der Waals surface area contributed by atoms with E-state index in [9.17, 15) is 4.79 Å². The van der Waals surface area contributed by atoms with Crippen LogP contribution in [-0.2, 0) is 6.42 Å². The number of methoxy groups -OCH3 is 1. The van der Waals surface area contributed by atoms with E-state index in [2.05, 4.69) is 15.6 Å². The highest BCUT2D eigenvalue weighted by Crippen LogP contribution is 2.18. The number of amides is 1. The molecule has 0 atom stereocenters. The third-order valence-electron chi connectivity index (χ3n) is 4.31. The van der Waals surface area contributed by atoms with E-state index in [4.69, 9.17) is 4.74 Å². The van der Waals surface area contributed by atoms with E-state index in [1.54, 1.807) is 25.4 Å². The van der Waals surface area contributed by atoms with Crippen molar-refractivity contribution in [1.82, 2.24) is 4.98 Å². The van der Waals surface area contributed by atoms with Crippen LogP contribution in [0, 0.1) is 6.92 Å². The number of pyridine rings is 1. The summed E-state index contributed by atoms with van der Waals surface area (Å²) in [5, 5.41) is 6.21. The van der Waals surface area contributed by atoms with Crippen LogP contribution in [0.3, 0.4) is 0 Å². The summed E-state index contributed by atoms with van der Waals surface area (Å²) in [6, 6.07) is 19.1. The molecule has 1 amide bonds. The molecule has 0 spiro atoms. The first kappa shape index (κ1) is 18.5. The fourth-order valence-corrected chi connectivity index (χ4v) is 2.81. The lowest BCUT2D eigenvalue weighted by Gasteiger charge is -2.11. The van der Waals surface area contributed by atoms with Crippen LogP contribution in [0.2, 0.25) is 0 Å². The van der Waals surface area contributed by atoms with Crippen molar-refractivity contribution >= 4 is 17.4 Å². The van der Waals surface area contributed by atoms with Gasteiger partial charge in [0, 0.05) is 24.0 Å². The molecule has 0 aliphatic heterocycles. The van der Waals surface area contributed by atoms with Crippen LogP contribution >= 0.6 is 0 Å². The minimum absolute atomic E-state index is 0.153. The molecule has 0 unspecified atom stereocenters. The number of nitrogens with one attached hydrogen (secondary N) is 2. The van der Waals surface area contributed by atoms with Gasteiger partial charge in [0.05, 0.1) is 7.11 Å². The van der Waals surface area contributed by atoms with E-state index in [1.807, 2.05) is 55.5 Å². The second-order valence-corrected chi connectivity index (χ2v) is 6.19. The zero-order valence-corrected chi connectivity index (χ0v) is 15.5. The zero-order valence-electron chi connectivity index (χ0n) is 15.5. The van der Waals surface area contributed by atoms with Gasteiger partial charge in [-0.15, -0.1) is 0 Å². The molecule has 2 aromatic carbocycles. The van der Waals surface area contributed by atoms with Crippen molar-refractivity contribution in [3.63, 3.8) is 0 Å². The van der Waals surface area contributed by atoms with Crippen molar-refractivity contribution < 1.29 is 9.53 Å². The number of para-hydroxylation sites is 2. The summed E-state index contributed by atoms with van der Waals surface area (Å²) < 4.78 is 5.37. The van der Waals surface area contributed by atoms with Crippen LogP contribution in [0.15, 0.2) is 66.9 Å². The van der Waals surface area contributed by atoms with Crippen LogP contribution in [0.4, 0.5) is 11.5 Å². The summed E-state index contributed by atoms with van der Waals surface area (Å²) in [4.78, 5) is 16.8. The molecule has 1 heterocycles. The largest absolute Gasteiger partial charge is 0.496 e. The highest BCUT2D eigenvalue weighted by molar-refractivity contribution is 6.05. The number of anilines is 2. The summed E-state index contributed by atoms with van der Waals surface area (Å²) in [7, 11) is 1.67. The third-order valence-corrected chi connectivity index (χ3v) is 4.31. The number of nitrogens with zero attached hydrogens (tertiary/aromatic N) is 1. The number of ether oxygens (including phenoxy) is 1. The average molecular weight is 361 g/mol. The van der Waals surface area contributed by atoms with Gasteiger partial charge in [-0.3, -0.25) is 4.79 Å². The number of hydrogen-bond donors (Lipinski definition) is 2. The van der Waals surface area contributed by atoms with Crippen molar-refractivity contribution in [3.8, 4) is 5.75 Å². The molecule has 5 heteroatoms. The molecule has 0 saturated heterocycles. The highest BCUT2D eigenvalue weighted by Gasteiger charge is 2.09. The van der Waals surface area contributed by atoms with E-state index < -0.39 is 0 Å². The van der Waals surface area contributed by atoms with Crippen LogP contribution in [0.1, 0.15) is 21.5 Å². The fraction of sp³-hybridized carbons (Fsp3) is 0.182. The molecular formula is C22H23N3O2. The molecule has 3 rings (SSSR count). The number of hydrogen-bond acceptors (Lipinski definition) is 4. The minimum atomic E-state index is -0.153. The lowest BCUT2D eigenvalue weighted by molar-refractivity contribution is 0.102. The molecular weight excluding hydrogens is 338 g/mol. The van der Waals surface area contributed by atoms with E-state index in [0.29, 0.717) is 17.9 Å². The minimum Gasteiger partial charge on any atom is -0.496 e. The lowest BCUT2D eigenvalue weighted by Crippen LogP contribution is -2.14. The predicted octanol–water partition coefficient (Wildman–Crippen LogP) is 4.31. The van der Waals surface area contributed by atoms with Gasteiger partial charge in [0.15, 0.2) is 0 Å². The summed E-state index contributed by atoms with van der Waals surface area (Å²) in [6.07, 6.45) is 2.43. The first-order valence-electron chi connectivity index (χ1n) is 8.86. The summed E-state index contributed by atoms with van der Waals surface area (Å²) >= 11 is 0. The first-order chi connectivity index (χ1) is 13.2. The van der Waals surface area contributed by atoms with Crippen molar-refractivity contribution in [2.45, 2.75) is 13.3 Å². The Balaban J connectivity index is 1.62. The van der Waals surface area contributed by atoms with Crippen molar-refractivity contribution in [3.05, 3.63) is 83.6 Å². The second-order valence-electron chi connectivity index (χ2n) is 6.19. The van der Waals surface area contributed by atoms with Crippen LogP contribution in [0.5, 0.6) is 5.75 Å². The van der Waals surface area contributed by atoms with Crippen molar-refractivity contribution in [2.24, 2.45) is 0 Å². The number of aromatic nitrogens is 1. The van der Waals surface area contributed by atoms with Crippen LogP contribution in [-0.4, -0.2) is 24.5 Å². The standard InChI is InChI=1S/C22H23N3O2/c1-16-7-3-5-9-19(16)25-22(26)18-12-14-24-21(15-18)23-13-11-17-8-4-6-10-20(17)27-2/h3-10,12,14-15H,11,13H2,1-2H3,(H,23,24)(H,25,26). The Morgan fingerprint density at radius 1 is 1.07 bits per heavy atom. The molecule has 0 fully saturated rings. The van der Waals surface area contributed by atoms with Gasteiger partial charge in [-0.2, -0.15) is 0 Å². The quantitative estimate of drug-likeness (QED) is 0.658. The number of aryl methyl sites for hydroxylation is 1. The van der Waals surface area contributed by atoms with E-state index in [-0.39, 0.29) is 5.91 Å². The lowest BCUT2D eigenvalue weighted by atomic mass is 10.1. The smallest absolute Gasteiger partial charge is 0.255 e. The van der Waals surface area contributed by atoms with Crippen LogP contribution in [0.25, 0.3) is 0 Å². The van der Waals surface area contributed by atoms with Gasteiger partial charge in [-0.05, 0) is 48.7 Å². The van der Waals surface area contributed by atoms with E-state index in [0.717, 1.165) is 29.0 Å². The Hall–Kier alpha value is -3.34. The molecule has 138 valence electrons. The maximum Gasteiger partial charge on any atom is 0.255 e. The summed E-state index contributed by atoms with van der Waals surface area (Å²) in [5.41, 5.74) is 3.52. The number of rotatable bonds is 7. The van der Waals surface area contributed by atoms with Gasteiger partial charge in [0.1, 0.15) is 11.6 Å². The SMILES string of the molecule is COc1ccccc1CCNc1cc(C(=O)Nc2ccccc2C)ccn1. The Morgan fingerprint density at radius 3 is 2.67 bits per heavy atom. The molecule has 1 aromatic heterocycles. The molecule has 0 aliphatic rings. The molecule has 5 nitrogen and oxygen atoms in total. The Morgan fingerprint density at radius 2 is 1.85 bits per heavy atom. The first-order valence-corrected chi connectivity index (χ1v) is 8.86. The number of carbonyl (C=O) groups is 1. The maximum absolute atomic E-state index is 12.5. The third kappa shape index (κ3) is 4.85. The number of benzene rings is 2. The van der Waals surface area contributed by atoms with Gasteiger partial charge < -0.3 is 15.4 Å². The Kier molecular flexibility index (Phi) is 6.05. The monoisotopic (exact) mass is 361 g/mol. The van der Waals surface area contributed by atoms with Crippen molar-refractivity contribution in [2.75, 3.05) is 24.3 Å². The van der Waals surface area contributed by atoms with Gasteiger partial charge in [-0.25, -0.2) is 4.98 Å². The Bertz CT molecular complexity index is 925. The Labute approximate surface area is 159 Å². The molecule has 0 radical (unpaired) electrons. The van der Waals surface area contributed by atoms with E-state index >= 15 is 0 Å². The van der Waals surface area contributed by atoms with Gasteiger partial charge in [-0.1, -0.05) is 36.4 Å². The van der Waals surface area contributed by atoms with Gasteiger partial charge >= 0.3 is 0 Å². The van der Waals surface area contributed by atoms with Gasteiger partial charge in [0.2, 0.25) is 0 Å². The van der Waals surface area contributed by atoms with Crippen molar-refractivity contribution in [1.29, 1.82) is 0 Å². The molecule has 3 aromatic rings. The molecule has 2 N–H and O–H groups in total. The second kappa shape index (κ2) is 8.85. The fourth-order valence-electron chi connectivity index (χ4n) is 2.81. The van der Waals surface area contributed by atoms with Gasteiger partial charge in [0.25, 0.3) is 5.91 Å².